The van der Waals surface area contributed by atoms with Crippen LogP contribution in [0.2, 0.25) is 0 Å². The molecule has 5 heteroatoms. The van der Waals surface area contributed by atoms with Crippen molar-refractivity contribution in [1.29, 1.82) is 0 Å². The average Bonchev–Trinajstić information content (AvgIpc) is 2.46. The number of carbonyl (C=O) groups excluding carboxylic acids is 1. The van der Waals surface area contributed by atoms with Gasteiger partial charge in [0.05, 0.1) is 5.01 Å². The Hall–Kier alpha value is -1.23. The molecule has 0 radical (unpaired) electrons. The van der Waals surface area contributed by atoms with E-state index in [0.717, 1.165) is 5.01 Å². The summed E-state index contributed by atoms with van der Waals surface area (Å²) in [5, 5.41) is 10.9. The monoisotopic (exact) mass is 197 g/mol. The first-order chi connectivity index (χ1) is 6.16. The molecule has 1 fully saturated rings. The van der Waals surface area contributed by atoms with Crippen LogP contribution in [0.1, 0.15) is 34.3 Å². The van der Waals surface area contributed by atoms with Gasteiger partial charge in [-0.25, -0.2) is 9.78 Å². The van der Waals surface area contributed by atoms with Gasteiger partial charge in [-0.05, 0) is 0 Å². The lowest BCUT2D eigenvalue weighted by Gasteiger charge is -2.20. The number of ketones is 1. The molecule has 0 spiro atoms. The standard InChI is InChI=1S/C8H7NO3S/c10-5-1-4(2-5)7-9-6(3-13-7)8(11)12/h3-4H,1-2H2,(H,11,12). The van der Waals surface area contributed by atoms with Crippen LogP contribution in [0.5, 0.6) is 0 Å². The highest BCUT2D eigenvalue weighted by molar-refractivity contribution is 7.10. The summed E-state index contributed by atoms with van der Waals surface area (Å²) in [5.41, 5.74) is 0.0827. The minimum atomic E-state index is -1.01. The summed E-state index contributed by atoms with van der Waals surface area (Å²) >= 11 is 1.32. The Labute approximate surface area is 78.2 Å². The van der Waals surface area contributed by atoms with Crippen molar-refractivity contribution in [2.24, 2.45) is 0 Å². The van der Waals surface area contributed by atoms with Crippen LogP contribution in [-0.4, -0.2) is 21.8 Å². The van der Waals surface area contributed by atoms with Crippen LogP contribution in [0.4, 0.5) is 0 Å². The average molecular weight is 197 g/mol. The first-order valence-electron chi connectivity index (χ1n) is 3.87. The van der Waals surface area contributed by atoms with E-state index in [-0.39, 0.29) is 17.4 Å². The van der Waals surface area contributed by atoms with Gasteiger partial charge in [0.15, 0.2) is 5.69 Å². The van der Waals surface area contributed by atoms with E-state index in [9.17, 15) is 9.59 Å². The normalized spacial score (nSPS) is 17.1. The molecule has 13 heavy (non-hydrogen) atoms. The zero-order valence-electron chi connectivity index (χ0n) is 6.69. The van der Waals surface area contributed by atoms with E-state index in [0.29, 0.717) is 12.8 Å². The van der Waals surface area contributed by atoms with E-state index in [1.54, 1.807) is 0 Å². The SMILES string of the molecule is O=C1CC(c2nc(C(=O)O)cs2)C1. The number of rotatable bonds is 2. The molecule has 1 saturated carbocycles. The number of aromatic nitrogens is 1. The van der Waals surface area contributed by atoms with Crippen molar-refractivity contribution >= 4 is 23.1 Å². The maximum atomic E-state index is 10.7. The maximum Gasteiger partial charge on any atom is 0.355 e. The summed E-state index contributed by atoms with van der Waals surface area (Å²) < 4.78 is 0. The van der Waals surface area contributed by atoms with Crippen molar-refractivity contribution in [3.8, 4) is 0 Å². The van der Waals surface area contributed by atoms with Crippen LogP contribution in [0, 0.1) is 0 Å². The number of Topliss-reactive ketones (excluding diaryl/α,β-unsaturated/α-hetero) is 1. The highest BCUT2D eigenvalue weighted by Crippen LogP contribution is 2.35. The summed E-state index contributed by atoms with van der Waals surface area (Å²) in [6.07, 6.45) is 1.04. The number of hydrogen-bond acceptors (Lipinski definition) is 4. The fourth-order valence-electron chi connectivity index (χ4n) is 1.24. The number of aromatic carboxylic acids is 1. The number of carbonyl (C=O) groups is 2. The molecule has 1 aliphatic carbocycles. The third-order valence-corrected chi connectivity index (χ3v) is 3.05. The Kier molecular flexibility index (Phi) is 1.88. The van der Waals surface area contributed by atoms with E-state index in [2.05, 4.69) is 4.98 Å². The van der Waals surface area contributed by atoms with E-state index in [1.165, 1.54) is 16.7 Å². The van der Waals surface area contributed by atoms with Crippen LogP contribution < -0.4 is 0 Å². The highest BCUT2D eigenvalue weighted by Gasteiger charge is 2.30. The molecule has 0 aromatic carbocycles. The second-order valence-electron chi connectivity index (χ2n) is 3.02. The predicted octanol–water partition coefficient (Wildman–Crippen LogP) is 1.29. The summed E-state index contributed by atoms with van der Waals surface area (Å²) in [4.78, 5) is 25.1. The van der Waals surface area contributed by atoms with Gasteiger partial charge >= 0.3 is 5.97 Å². The van der Waals surface area contributed by atoms with Crippen LogP contribution in [0.3, 0.4) is 0 Å². The molecule has 2 rings (SSSR count). The Balaban J connectivity index is 2.14. The molecule has 0 amide bonds. The minimum absolute atomic E-state index is 0.0827. The van der Waals surface area contributed by atoms with E-state index in [4.69, 9.17) is 5.11 Å². The number of carboxylic acid groups (broad SMARTS) is 1. The molecule has 0 unspecified atom stereocenters. The van der Waals surface area contributed by atoms with Gasteiger partial charge in [0.2, 0.25) is 0 Å². The van der Waals surface area contributed by atoms with Gasteiger partial charge in [0, 0.05) is 24.1 Å². The summed E-state index contributed by atoms with van der Waals surface area (Å²) in [6.45, 7) is 0. The zero-order chi connectivity index (χ0) is 9.42. The van der Waals surface area contributed by atoms with E-state index < -0.39 is 5.97 Å². The van der Waals surface area contributed by atoms with Gasteiger partial charge in [0.25, 0.3) is 0 Å². The van der Waals surface area contributed by atoms with Crippen LogP contribution in [0.25, 0.3) is 0 Å². The van der Waals surface area contributed by atoms with Crippen molar-refractivity contribution < 1.29 is 14.7 Å². The van der Waals surface area contributed by atoms with Gasteiger partial charge in [-0.1, -0.05) is 0 Å². The predicted molar refractivity (Wildman–Crippen MR) is 46.1 cm³/mol. The molecular formula is C8H7NO3S. The second kappa shape index (κ2) is 2.92. The van der Waals surface area contributed by atoms with Gasteiger partial charge in [-0.15, -0.1) is 11.3 Å². The lowest BCUT2D eigenvalue weighted by atomic mass is 9.85. The zero-order valence-corrected chi connectivity index (χ0v) is 7.50. The molecule has 1 aromatic rings. The second-order valence-corrected chi connectivity index (χ2v) is 3.91. The molecule has 1 heterocycles. The number of hydrogen-bond donors (Lipinski definition) is 1. The largest absolute Gasteiger partial charge is 0.476 e. The maximum absolute atomic E-state index is 10.7. The van der Waals surface area contributed by atoms with Crippen LogP contribution in [-0.2, 0) is 4.79 Å². The van der Waals surface area contributed by atoms with E-state index >= 15 is 0 Å². The summed E-state index contributed by atoms with van der Waals surface area (Å²) in [7, 11) is 0. The molecule has 1 aromatic heterocycles. The molecule has 0 aliphatic heterocycles. The summed E-state index contributed by atoms with van der Waals surface area (Å²) in [6, 6.07) is 0. The number of nitrogens with zero attached hydrogens (tertiary/aromatic N) is 1. The van der Waals surface area contributed by atoms with Gasteiger partial charge in [0.1, 0.15) is 5.78 Å². The lowest BCUT2D eigenvalue weighted by molar-refractivity contribution is -0.124. The van der Waals surface area contributed by atoms with Crippen molar-refractivity contribution in [2.45, 2.75) is 18.8 Å². The smallest absolute Gasteiger partial charge is 0.355 e. The molecule has 68 valence electrons. The van der Waals surface area contributed by atoms with Crippen molar-refractivity contribution in [2.75, 3.05) is 0 Å². The first-order valence-corrected chi connectivity index (χ1v) is 4.75. The Bertz CT molecular complexity index is 363. The topological polar surface area (TPSA) is 67.3 Å². The number of thiazole rings is 1. The van der Waals surface area contributed by atoms with Gasteiger partial charge in [-0.3, -0.25) is 4.79 Å². The Morgan fingerprint density at radius 3 is 2.77 bits per heavy atom. The number of carboxylic acids is 1. The fraction of sp³-hybridized carbons (Fsp3) is 0.375. The van der Waals surface area contributed by atoms with E-state index in [1.807, 2.05) is 0 Å². The molecule has 0 atom stereocenters. The summed E-state index contributed by atoms with van der Waals surface area (Å²) in [5.74, 6) is -0.601. The fourth-order valence-corrected chi connectivity index (χ4v) is 2.13. The lowest BCUT2D eigenvalue weighted by Crippen LogP contribution is -2.21. The van der Waals surface area contributed by atoms with Crippen LogP contribution >= 0.6 is 11.3 Å². The molecular weight excluding hydrogens is 190 g/mol. The molecule has 4 nitrogen and oxygen atoms in total. The van der Waals surface area contributed by atoms with Crippen LogP contribution in [0.15, 0.2) is 5.38 Å². The Morgan fingerprint density at radius 2 is 2.31 bits per heavy atom. The third kappa shape index (κ3) is 1.47. The quantitative estimate of drug-likeness (QED) is 0.775. The van der Waals surface area contributed by atoms with Crippen molar-refractivity contribution in [1.82, 2.24) is 4.98 Å². The molecule has 0 saturated heterocycles. The molecule has 1 aliphatic rings. The Morgan fingerprint density at radius 1 is 1.62 bits per heavy atom. The first kappa shape index (κ1) is 8.37. The van der Waals surface area contributed by atoms with Gasteiger partial charge in [-0.2, -0.15) is 0 Å². The molecule has 1 N–H and O–H groups in total. The highest BCUT2D eigenvalue weighted by atomic mass is 32.1. The van der Waals surface area contributed by atoms with Crippen molar-refractivity contribution in [3.05, 3.63) is 16.1 Å². The van der Waals surface area contributed by atoms with Crippen molar-refractivity contribution in [3.63, 3.8) is 0 Å². The third-order valence-electron chi connectivity index (χ3n) is 2.04. The minimum Gasteiger partial charge on any atom is -0.476 e. The van der Waals surface area contributed by atoms with Gasteiger partial charge < -0.3 is 5.11 Å². The molecule has 0 bridgehead atoms.